The predicted molar refractivity (Wildman–Crippen MR) is 148 cm³/mol. The predicted octanol–water partition coefficient (Wildman–Crippen LogP) is -2.10. The third kappa shape index (κ3) is 17.1. The average Bonchev–Trinajstić information content (AvgIpc) is 2.95. The zero-order chi connectivity index (χ0) is 29.3. The first-order valence-electron chi connectivity index (χ1n) is 13.4. The molecule has 0 aliphatic carbocycles. The van der Waals surface area contributed by atoms with Crippen molar-refractivity contribution < 1.29 is 38.0 Å². The number of nitrogens with one attached hydrogen (secondary N) is 2. The van der Waals surface area contributed by atoms with E-state index in [0.717, 1.165) is 12.8 Å². The van der Waals surface area contributed by atoms with E-state index in [1.165, 1.54) is 0 Å². The van der Waals surface area contributed by atoms with Crippen LogP contribution in [0.5, 0.6) is 0 Å². The van der Waals surface area contributed by atoms with Gasteiger partial charge in [-0.15, -0.1) is 0 Å². The van der Waals surface area contributed by atoms with Gasteiger partial charge in [0.15, 0.2) is 23.0 Å². The molecule has 0 atom stereocenters. The molecule has 2 amide bonds. The van der Waals surface area contributed by atoms with E-state index in [-0.39, 0.29) is 49.3 Å². The molecular weight excluding hydrogens is 528 g/mol. The lowest BCUT2D eigenvalue weighted by Gasteiger charge is -2.11. The topological polar surface area (TPSA) is 243 Å². The molecule has 40 heavy (non-hydrogen) atoms. The first kappa shape index (κ1) is 35.3. The normalized spacial score (nSPS) is 11.1. The summed E-state index contributed by atoms with van der Waals surface area (Å²) in [5, 5.41) is 5.22. The van der Waals surface area contributed by atoms with Gasteiger partial charge in [-0.3, -0.25) is 9.59 Å². The fraction of sp³-hybridized carbons (Fsp3) is 0.750. The molecule has 0 saturated carbocycles. The Morgan fingerprint density at radius 2 is 0.825 bits per heavy atom. The van der Waals surface area contributed by atoms with Gasteiger partial charge in [0, 0.05) is 26.3 Å². The van der Waals surface area contributed by atoms with Crippen molar-refractivity contribution in [1.82, 2.24) is 20.6 Å². The SMILES string of the molecule is NCCCOCCOCCOCCNC(=O)c1nc(N)c(C(=O)NCCOCCOCCOCCCN)nc1N. The molecule has 1 rings (SSSR count). The van der Waals surface area contributed by atoms with E-state index >= 15 is 0 Å². The first-order chi connectivity index (χ1) is 19.5. The molecule has 0 fully saturated rings. The third-order valence-electron chi connectivity index (χ3n) is 4.92. The number of carbonyl (C=O) groups excluding carboxylic acids is 2. The molecule has 0 spiro atoms. The van der Waals surface area contributed by atoms with Crippen LogP contribution in [-0.4, -0.2) is 127 Å². The summed E-state index contributed by atoms with van der Waals surface area (Å²) in [5.41, 5.74) is 22.1. The Labute approximate surface area is 235 Å². The molecule has 0 aliphatic rings. The zero-order valence-electron chi connectivity index (χ0n) is 23.2. The molecule has 230 valence electrons. The number of rotatable bonds is 26. The number of nitrogen functional groups attached to an aromatic ring is 2. The van der Waals surface area contributed by atoms with Gasteiger partial charge in [0.25, 0.3) is 11.8 Å². The highest BCUT2D eigenvalue weighted by Crippen LogP contribution is 2.13. The Bertz CT molecular complexity index is 756. The molecule has 0 saturated heterocycles. The lowest BCUT2D eigenvalue weighted by atomic mass is 10.3. The maximum Gasteiger partial charge on any atom is 0.273 e. The van der Waals surface area contributed by atoms with Crippen molar-refractivity contribution in [3.05, 3.63) is 11.4 Å². The van der Waals surface area contributed by atoms with Crippen molar-refractivity contribution in [3.63, 3.8) is 0 Å². The number of hydrogen-bond donors (Lipinski definition) is 6. The summed E-state index contributed by atoms with van der Waals surface area (Å²) in [6.07, 6.45) is 1.64. The number of hydrogen-bond acceptors (Lipinski definition) is 14. The van der Waals surface area contributed by atoms with Crippen LogP contribution in [0.1, 0.15) is 33.8 Å². The van der Waals surface area contributed by atoms with Gasteiger partial charge in [-0.05, 0) is 25.9 Å². The van der Waals surface area contributed by atoms with E-state index in [9.17, 15) is 9.59 Å². The number of amides is 2. The summed E-state index contributed by atoms with van der Waals surface area (Å²) in [6, 6.07) is 0. The van der Waals surface area contributed by atoms with Gasteiger partial charge < -0.3 is 62.0 Å². The molecule has 0 unspecified atom stereocenters. The summed E-state index contributed by atoms with van der Waals surface area (Å²) in [6.45, 7) is 6.82. The number of nitrogens with two attached hydrogens (primary N) is 4. The van der Waals surface area contributed by atoms with Crippen molar-refractivity contribution in [2.24, 2.45) is 11.5 Å². The van der Waals surface area contributed by atoms with Gasteiger partial charge in [0.1, 0.15) is 0 Å². The summed E-state index contributed by atoms with van der Waals surface area (Å²) < 4.78 is 32.2. The zero-order valence-corrected chi connectivity index (χ0v) is 23.2. The van der Waals surface area contributed by atoms with Gasteiger partial charge in [0.05, 0.1) is 66.1 Å². The van der Waals surface area contributed by atoms with Crippen LogP contribution in [-0.2, 0) is 28.4 Å². The molecule has 0 aromatic carbocycles. The number of aromatic nitrogens is 2. The highest BCUT2D eigenvalue weighted by molar-refractivity contribution is 6.00. The molecule has 0 aliphatic heterocycles. The minimum Gasteiger partial charge on any atom is -0.382 e. The van der Waals surface area contributed by atoms with Crippen molar-refractivity contribution >= 4 is 23.5 Å². The van der Waals surface area contributed by atoms with Crippen LogP contribution in [0.3, 0.4) is 0 Å². The van der Waals surface area contributed by atoms with Crippen LogP contribution in [0.4, 0.5) is 11.6 Å². The van der Waals surface area contributed by atoms with Crippen LogP contribution >= 0.6 is 0 Å². The van der Waals surface area contributed by atoms with E-state index in [1.54, 1.807) is 0 Å². The third-order valence-corrected chi connectivity index (χ3v) is 4.92. The van der Waals surface area contributed by atoms with Gasteiger partial charge in [-0.2, -0.15) is 0 Å². The minimum atomic E-state index is -0.587. The Balaban J connectivity index is 2.18. The number of ether oxygens (including phenoxy) is 6. The lowest BCUT2D eigenvalue weighted by Crippen LogP contribution is -2.32. The van der Waals surface area contributed by atoms with Crippen molar-refractivity contribution in [1.29, 1.82) is 0 Å². The van der Waals surface area contributed by atoms with Crippen molar-refractivity contribution in [3.8, 4) is 0 Å². The molecule has 1 heterocycles. The molecule has 16 nitrogen and oxygen atoms in total. The fourth-order valence-electron chi connectivity index (χ4n) is 2.89. The highest BCUT2D eigenvalue weighted by atomic mass is 16.5. The highest BCUT2D eigenvalue weighted by Gasteiger charge is 2.20. The Morgan fingerprint density at radius 3 is 1.15 bits per heavy atom. The maximum atomic E-state index is 12.4. The quantitative estimate of drug-likeness (QED) is 0.0649. The van der Waals surface area contributed by atoms with Crippen LogP contribution < -0.4 is 33.6 Å². The minimum absolute atomic E-state index is 0.180. The van der Waals surface area contributed by atoms with Crippen LogP contribution in [0.15, 0.2) is 0 Å². The number of anilines is 2. The average molecular weight is 575 g/mol. The van der Waals surface area contributed by atoms with E-state index in [4.69, 9.17) is 51.4 Å². The Hall–Kier alpha value is -2.70. The van der Waals surface area contributed by atoms with Gasteiger partial charge >= 0.3 is 0 Å². The summed E-state index contributed by atoms with van der Waals surface area (Å²) >= 11 is 0. The van der Waals surface area contributed by atoms with Crippen molar-refractivity contribution in [2.75, 3.05) is 117 Å². The smallest absolute Gasteiger partial charge is 0.273 e. The van der Waals surface area contributed by atoms with Gasteiger partial charge in [-0.25, -0.2) is 9.97 Å². The Morgan fingerprint density at radius 1 is 0.525 bits per heavy atom. The monoisotopic (exact) mass is 574 g/mol. The molecular formula is C24H46N8O8. The van der Waals surface area contributed by atoms with Gasteiger partial charge in [0.2, 0.25) is 0 Å². The molecule has 16 heteroatoms. The summed E-state index contributed by atoms with van der Waals surface area (Å²) in [5.74, 6) is -1.62. The molecule has 10 N–H and O–H groups in total. The second kappa shape index (κ2) is 24.1. The standard InChI is InChI=1S/C24H46N8O8/c25-3-1-7-35-11-15-39-17-13-37-9-5-29-23(33)19-21(27)32-20(22(28)31-19)24(34)30-6-10-38-14-18-40-16-12-36-8-2-4-26/h1-18,25-26H2,(H2,28,31)(H2,27,32)(H,29,33)(H,30,34). The van der Waals surface area contributed by atoms with Crippen LogP contribution in [0.25, 0.3) is 0 Å². The number of carbonyl (C=O) groups is 2. The number of nitrogens with zero attached hydrogens (tertiary/aromatic N) is 2. The van der Waals surface area contributed by atoms with Crippen LogP contribution in [0, 0.1) is 0 Å². The van der Waals surface area contributed by atoms with Gasteiger partial charge in [-0.1, -0.05) is 0 Å². The molecule has 0 bridgehead atoms. The maximum absolute atomic E-state index is 12.4. The molecule has 1 aromatic heterocycles. The lowest BCUT2D eigenvalue weighted by molar-refractivity contribution is 0.0150. The van der Waals surface area contributed by atoms with E-state index < -0.39 is 11.8 Å². The molecule has 1 aromatic rings. The van der Waals surface area contributed by atoms with Crippen molar-refractivity contribution in [2.45, 2.75) is 12.8 Å². The fourth-order valence-corrected chi connectivity index (χ4v) is 2.89. The largest absolute Gasteiger partial charge is 0.382 e. The van der Waals surface area contributed by atoms with E-state index in [1.807, 2.05) is 0 Å². The van der Waals surface area contributed by atoms with Crippen LogP contribution in [0.2, 0.25) is 0 Å². The Kier molecular flexibility index (Phi) is 21.3. The summed E-state index contributed by atoms with van der Waals surface area (Å²) in [7, 11) is 0. The second-order valence-corrected chi connectivity index (χ2v) is 8.16. The van der Waals surface area contributed by atoms with E-state index in [2.05, 4.69) is 20.6 Å². The second-order valence-electron chi connectivity index (χ2n) is 8.16. The molecule has 0 radical (unpaired) electrons. The first-order valence-corrected chi connectivity index (χ1v) is 13.4. The summed E-state index contributed by atoms with van der Waals surface area (Å²) in [4.78, 5) is 32.7. The van der Waals surface area contributed by atoms with E-state index in [0.29, 0.717) is 79.2 Å².